The van der Waals surface area contributed by atoms with E-state index in [1.165, 1.54) is 9.13 Å². The number of rotatable bonds is 3. The number of hydrogen-bond acceptors (Lipinski definition) is 4. The first kappa shape index (κ1) is 17.6. The lowest BCUT2D eigenvalue weighted by Crippen LogP contribution is -2.41. The number of nitrogens with zero attached hydrogens (tertiary/aromatic N) is 5. The molecule has 0 amide bonds. The van der Waals surface area contributed by atoms with Crippen LogP contribution in [-0.2, 0) is 20.1 Å². The van der Waals surface area contributed by atoms with Gasteiger partial charge in [-0.05, 0) is 24.0 Å². The number of anilines is 2. The lowest BCUT2D eigenvalue weighted by Gasteiger charge is -2.32. The highest BCUT2D eigenvalue weighted by molar-refractivity contribution is 5.77. The Bertz CT molecular complexity index is 1110. The van der Waals surface area contributed by atoms with Crippen LogP contribution in [0.25, 0.3) is 11.2 Å². The maximum absolute atomic E-state index is 13.2. The molecule has 0 bridgehead atoms. The average Bonchev–Trinajstić information content (AvgIpc) is 3.03. The van der Waals surface area contributed by atoms with Crippen molar-refractivity contribution in [3.8, 4) is 0 Å². The van der Waals surface area contributed by atoms with Gasteiger partial charge in [-0.3, -0.25) is 13.9 Å². The van der Waals surface area contributed by atoms with Crippen LogP contribution in [0.5, 0.6) is 0 Å². The smallest absolute Gasteiger partial charge is 0.312 e. The number of aromatic nitrogens is 4. The number of hydrogen-bond donors (Lipinski definition) is 0. The maximum atomic E-state index is 13.2. The molecular weight excluding hydrogens is 342 g/mol. The first-order valence-corrected chi connectivity index (χ1v) is 9.41. The Kier molecular flexibility index (Phi) is 4.17. The predicted molar refractivity (Wildman–Crippen MR) is 107 cm³/mol. The third-order valence-electron chi connectivity index (χ3n) is 5.06. The van der Waals surface area contributed by atoms with E-state index in [1.807, 2.05) is 48.7 Å². The van der Waals surface area contributed by atoms with Crippen molar-refractivity contribution in [3.05, 3.63) is 51.2 Å². The van der Waals surface area contributed by atoms with Gasteiger partial charge in [-0.25, -0.2) is 4.79 Å². The Labute approximate surface area is 157 Å². The van der Waals surface area contributed by atoms with Crippen molar-refractivity contribution >= 4 is 22.8 Å². The van der Waals surface area contributed by atoms with Gasteiger partial charge >= 0.3 is 5.69 Å². The minimum atomic E-state index is -0.309. The molecular formula is C20H25N5O2. The van der Waals surface area contributed by atoms with Crippen LogP contribution in [0.3, 0.4) is 0 Å². The first-order chi connectivity index (χ1) is 12.9. The monoisotopic (exact) mass is 367 g/mol. The molecule has 1 aliphatic rings. The Hall–Kier alpha value is -2.83. The number of aryl methyl sites for hydroxylation is 1. The summed E-state index contributed by atoms with van der Waals surface area (Å²) in [5, 5.41) is 0. The summed E-state index contributed by atoms with van der Waals surface area (Å²) in [5.41, 5.74) is 1.45. The predicted octanol–water partition coefficient (Wildman–Crippen LogP) is 2.34. The molecule has 27 heavy (non-hydrogen) atoms. The van der Waals surface area contributed by atoms with E-state index < -0.39 is 0 Å². The summed E-state index contributed by atoms with van der Waals surface area (Å²) in [6.45, 7) is 8.10. The summed E-state index contributed by atoms with van der Waals surface area (Å²) in [7, 11) is 1.69. The highest BCUT2D eigenvalue weighted by Crippen LogP contribution is 2.32. The topological polar surface area (TPSA) is 65.1 Å². The molecule has 0 radical (unpaired) electrons. The van der Waals surface area contributed by atoms with Crippen molar-refractivity contribution in [3.63, 3.8) is 0 Å². The Morgan fingerprint density at radius 3 is 2.52 bits per heavy atom. The summed E-state index contributed by atoms with van der Waals surface area (Å²) in [6, 6.07) is 10.0. The van der Waals surface area contributed by atoms with Crippen molar-refractivity contribution in [2.75, 3.05) is 11.4 Å². The second kappa shape index (κ2) is 6.40. The van der Waals surface area contributed by atoms with Crippen LogP contribution in [0.15, 0.2) is 39.9 Å². The Balaban J connectivity index is 2.01. The number of imidazole rings is 1. The van der Waals surface area contributed by atoms with Gasteiger partial charge in [0.25, 0.3) is 5.56 Å². The summed E-state index contributed by atoms with van der Waals surface area (Å²) in [6.07, 6.45) is 0. The molecule has 0 saturated carbocycles. The van der Waals surface area contributed by atoms with Crippen LogP contribution < -0.4 is 16.1 Å². The van der Waals surface area contributed by atoms with Crippen molar-refractivity contribution in [2.45, 2.75) is 33.9 Å². The number of benzene rings is 1. The fraction of sp³-hybridized carbons (Fsp3) is 0.450. The molecule has 0 saturated heterocycles. The lowest BCUT2D eigenvalue weighted by molar-refractivity contribution is 0.454. The third kappa shape index (κ3) is 2.78. The third-order valence-corrected chi connectivity index (χ3v) is 5.06. The minimum absolute atomic E-state index is 0.205. The minimum Gasteiger partial charge on any atom is -0.312 e. The molecule has 0 fully saturated rings. The molecule has 4 rings (SSSR count). The van der Waals surface area contributed by atoms with E-state index >= 15 is 0 Å². The summed E-state index contributed by atoms with van der Waals surface area (Å²) >= 11 is 0. The van der Waals surface area contributed by atoms with Crippen LogP contribution in [0.1, 0.15) is 20.8 Å². The van der Waals surface area contributed by atoms with E-state index in [9.17, 15) is 9.59 Å². The summed E-state index contributed by atoms with van der Waals surface area (Å²) < 4.78 is 4.82. The fourth-order valence-corrected chi connectivity index (χ4v) is 3.86. The molecule has 7 nitrogen and oxygen atoms in total. The zero-order valence-corrected chi connectivity index (χ0v) is 16.2. The molecule has 2 aromatic heterocycles. The Morgan fingerprint density at radius 1 is 1.15 bits per heavy atom. The second-order valence-corrected chi connectivity index (χ2v) is 7.90. The molecule has 1 atom stereocenters. The van der Waals surface area contributed by atoms with Gasteiger partial charge in [0.1, 0.15) is 0 Å². The quantitative estimate of drug-likeness (QED) is 0.713. The SMILES string of the molecule is CC(C)Cn1c(=O)c2c(nc3n2C[C@@H](C)CN3c2ccccc2)n(C)c1=O. The van der Waals surface area contributed by atoms with Crippen molar-refractivity contribution in [1.29, 1.82) is 0 Å². The van der Waals surface area contributed by atoms with Gasteiger partial charge in [-0.1, -0.05) is 39.0 Å². The van der Waals surface area contributed by atoms with Crippen molar-refractivity contribution < 1.29 is 0 Å². The van der Waals surface area contributed by atoms with E-state index in [2.05, 4.69) is 11.8 Å². The van der Waals surface area contributed by atoms with E-state index in [4.69, 9.17) is 4.98 Å². The molecule has 1 aromatic carbocycles. The zero-order valence-electron chi connectivity index (χ0n) is 16.2. The molecule has 3 aromatic rings. The van der Waals surface area contributed by atoms with Gasteiger partial charge in [-0.15, -0.1) is 0 Å². The summed E-state index contributed by atoms with van der Waals surface area (Å²) in [5.74, 6) is 1.28. The highest BCUT2D eigenvalue weighted by Gasteiger charge is 2.29. The molecule has 0 spiro atoms. The van der Waals surface area contributed by atoms with Crippen molar-refractivity contribution in [2.24, 2.45) is 18.9 Å². The van der Waals surface area contributed by atoms with Gasteiger partial charge in [-0.2, -0.15) is 4.98 Å². The normalized spacial score (nSPS) is 16.9. The van der Waals surface area contributed by atoms with Crippen LogP contribution >= 0.6 is 0 Å². The van der Waals surface area contributed by atoms with Gasteiger partial charge in [0.15, 0.2) is 11.2 Å². The van der Waals surface area contributed by atoms with E-state index in [0.29, 0.717) is 30.2 Å². The van der Waals surface area contributed by atoms with Crippen molar-refractivity contribution in [1.82, 2.24) is 18.7 Å². The molecule has 0 unspecified atom stereocenters. The molecule has 142 valence electrons. The van der Waals surface area contributed by atoms with Crippen LogP contribution in [-0.4, -0.2) is 25.2 Å². The molecule has 7 heteroatoms. The van der Waals surface area contributed by atoms with Gasteiger partial charge in [0.05, 0.1) is 0 Å². The van der Waals surface area contributed by atoms with E-state index in [1.54, 1.807) is 7.05 Å². The van der Waals surface area contributed by atoms with E-state index in [0.717, 1.165) is 18.2 Å². The van der Waals surface area contributed by atoms with Crippen LogP contribution in [0, 0.1) is 11.8 Å². The molecule has 1 aliphatic heterocycles. The lowest BCUT2D eigenvalue weighted by atomic mass is 10.1. The van der Waals surface area contributed by atoms with Crippen LogP contribution in [0.2, 0.25) is 0 Å². The first-order valence-electron chi connectivity index (χ1n) is 9.41. The van der Waals surface area contributed by atoms with E-state index in [-0.39, 0.29) is 17.2 Å². The maximum Gasteiger partial charge on any atom is 0.332 e. The second-order valence-electron chi connectivity index (χ2n) is 7.90. The molecule has 0 N–H and O–H groups in total. The highest BCUT2D eigenvalue weighted by atomic mass is 16.2. The zero-order chi connectivity index (χ0) is 19.3. The average molecular weight is 367 g/mol. The van der Waals surface area contributed by atoms with Crippen LogP contribution in [0.4, 0.5) is 11.6 Å². The standard InChI is InChI=1S/C20H25N5O2/c1-13(2)10-25-18(26)16-17(22(4)20(25)27)21-19-23(11-14(3)12-24(16)19)15-8-6-5-7-9-15/h5-9,13-14H,10-12H2,1-4H3/t14-/m0/s1. The summed E-state index contributed by atoms with van der Waals surface area (Å²) in [4.78, 5) is 32.8. The number of para-hydroxylation sites is 1. The fourth-order valence-electron chi connectivity index (χ4n) is 3.86. The number of fused-ring (bicyclic) bond motifs is 3. The Morgan fingerprint density at radius 2 is 1.85 bits per heavy atom. The van der Waals surface area contributed by atoms with Gasteiger partial charge < -0.3 is 9.47 Å². The largest absolute Gasteiger partial charge is 0.332 e. The van der Waals surface area contributed by atoms with Gasteiger partial charge in [0.2, 0.25) is 5.95 Å². The molecule has 3 heterocycles. The molecule has 0 aliphatic carbocycles. The van der Waals surface area contributed by atoms with Gasteiger partial charge in [0, 0.05) is 32.4 Å².